The van der Waals surface area contributed by atoms with E-state index >= 15 is 0 Å². The number of carbonyl (C=O) groups excluding carboxylic acids is 1. The lowest BCUT2D eigenvalue weighted by molar-refractivity contribution is -0.137. The Balaban J connectivity index is 2.35. The van der Waals surface area contributed by atoms with Crippen LogP contribution in [0.1, 0.15) is 19.3 Å². The highest BCUT2D eigenvalue weighted by Gasteiger charge is 2.15. The molecule has 2 N–H and O–H groups in total. The monoisotopic (exact) mass is 299 g/mol. The van der Waals surface area contributed by atoms with Crippen LogP contribution in [-0.4, -0.2) is 37.7 Å². The molecular weight excluding hydrogens is 282 g/mol. The van der Waals surface area contributed by atoms with Crippen LogP contribution in [0.2, 0.25) is 0 Å². The van der Waals surface area contributed by atoms with E-state index < -0.39 is 21.7 Å². The maximum Gasteiger partial charge on any atom is 0.303 e. The highest BCUT2D eigenvalue weighted by Crippen LogP contribution is 2.10. The quantitative estimate of drug-likeness (QED) is 0.692. The van der Waals surface area contributed by atoms with Gasteiger partial charge in [-0.2, -0.15) is 0 Å². The number of hydrogen-bond acceptors (Lipinski definition) is 4. The Bertz CT molecular complexity index is 553. The van der Waals surface area contributed by atoms with E-state index in [1.165, 1.54) is 12.1 Å². The van der Waals surface area contributed by atoms with Gasteiger partial charge in [0.05, 0.1) is 10.6 Å². The average Bonchev–Trinajstić information content (AvgIpc) is 2.42. The molecule has 0 fully saturated rings. The van der Waals surface area contributed by atoms with Gasteiger partial charge in [0.1, 0.15) is 0 Å². The molecule has 0 aliphatic carbocycles. The molecule has 0 aliphatic heterocycles. The van der Waals surface area contributed by atoms with Crippen molar-refractivity contribution in [3.8, 4) is 0 Å². The third-order valence-electron chi connectivity index (χ3n) is 2.59. The lowest BCUT2D eigenvalue weighted by Gasteiger charge is -2.05. The topological polar surface area (TPSA) is 101 Å². The first-order valence-electron chi connectivity index (χ1n) is 6.18. The molecule has 0 bridgehead atoms. The maximum atomic E-state index is 11.9. The first kappa shape index (κ1) is 16.2. The molecule has 0 atom stereocenters. The van der Waals surface area contributed by atoms with E-state index in [1.54, 1.807) is 18.2 Å². The molecule has 0 saturated heterocycles. The minimum absolute atomic E-state index is 0.0252. The van der Waals surface area contributed by atoms with Crippen molar-refractivity contribution < 1.29 is 23.1 Å². The van der Waals surface area contributed by atoms with Gasteiger partial charge in [-0.3, -0.25) is 9.59 Å². The van der Waals surface area contributed by atoms with Gasteiger partial charge >= 0.3 is 5.97 Å². The number of carboxylic acid groups (broad SMARTS) is 1. The van der Waals surface area contributed by atoms with Gasteiger partial charge in [-0.1, -0.05) is 18.2 Å². The van der Waals surface area contributed by atoms with E-state index in [0.717, 1.165) is 0 Å². The van der Waals surface area contributed by atoms with Gasteiger partial charge in [0.15, 0.2) is 9.84 Å². The van der Waals surface area contributed by atoms with Crippen molar-refractivity contribution in [1.82, 2.24) is 5.32 Å². The number of aliphatic carboxylic acids is 1. The molecule has 1 aromatic carbocycles. The van der Waals surface area contributed by atoms with Crippen LogP contribution in [0.4, 0.5) is 0 Å². The standard InChI is InChI=1S/C13H17NO5S/c15-12(14-9-4-7-13(16)17)8-10-20(18,19)11-5-2-1-3-6-11/h1-3,5-6H,4,7-10H2,(H,14,15)(H,16,17). The smallest absolute Gasteiger partial charge is 0.303 e. The fourth-order valence-corrected chi connectivity index (χ4v) is 2.79. The number of hydrogen-bond donors (Lipinski definition) is 2. The molecule has 0 heterocycles. The molecule has 1 rings (SSSR count). The average molecular weight is 299 g/mol. The highest BCUT2D eigenvalue weighted by molar-refractivity contribution is 7.91. The molecule has 0 spiro atoms. The van der Waals surface area contributed by atoms with Crippen LogP contribution in [0.25, 0.3) is 0 Å². The zero-order valence-electron chi connectivity index (χ0n) is 10.9. The second-order valence-electron chi connectivity index (χ2n) is 4.23. The third kappa shape index (κ3) is 5.83. The van der Waals surface area contributed by atoms with E-state index in [-0.39, 0.29) is 30.0 Å². The Morgan fingerprint density at radius 3 is 2.35 bits per heavy atom. The Kier molecular flexibility index (Phi) is 6.17. The van der Waals surface area contributed by atoms with E-state index in [9.17, 15) is 18.0 Å². The third-order valence-corrected chi connectivity index (χ3v) is 4.32. The van der Waals surface area contributed by atoms with Crippen molar-refractivity contribution in [3.05, 3.63) is 30.3 Å². The van der Waals surface area contributed by atoms with Crippen molar-refractivity contribution in [2.75, 3.05) is 12.3 Å². The number of benzene rings is 1. The normalized spacial score (nSPS) is 11.0. The fraction of sp³-hybridized carbons (Fsp3) is 0.385. The lowest BCUT2D eigenvalue weighted by Crippen LogP contribution is -2.26. The van der Waals surface area contributed by atoms with Crippen molar-refractivity contribution >= 4 is 21.7 Å². The minimum atomic E-state index is -3.45. The van der Waals surface area contributed by atoms with Gasteiger partial charge in [-0.15, -0.1) is 0 Å². The van der Waals surface area contributed by atoms with Crippen LogP contribution in [0.15, 0.2) is 35.2 Å². The summed E-state index contributed by atoms with van der Waals surface area (Å²) in [5.41, 5.74) is 0. The molecular formula is C13H17NO5S. The SMILES string of the molecule is O=C(O)CCCNC(=O)CCS(=O)(=O)c1ccccc1. The van der Waals surface area contributed by atoms with Crippen LogP contribution >= 0.6 is 0 Å². The fourth-order valence-electron chi connectivity index (χ4n) is 1.53. The van der Waals surface area contributed by atoms with Gasteiger partial charge < -0.3 is 10.4 Å². The number of rotatable bonds is 8. The molecule has 0 saturated carbocycles. The summed E-state index contributed by atoms with van der Waals surface area (Å²) in [5, 5.41) is 10.9. The van der Waals surface area contributed by atoms with Gasteiger partial charge in [-0.25, -0.2) is 8.42 Å². The van der Waals surface area contributed by atoms with E-state index in [0.29, 0.717) is 6.42 Å². The number of carbonyl (C=O) groups is 2. The molecule has 7 heteroatoms. The molecule has 0 aliphatic rings. The summed E-state index contributed by atoms with van der Waals surface area (Å²) in [5.74, 6) is -1.58. The number of amides is 1. The summed E-state index contributed by atoms with van der Waals surface area (Å²) < 4.78 is 23.8. The summed E-state index contributed by atoms with van der Waals surface area (Å²) in [6.45, 7) is 0.233. The summed E-state index contributed by atoms with van der Waals surface area (Å²) in [7, 11) is -3.45. The molecule has 20 heavy (non-hydrogen) atoms. The minimum Gasteiger partial charge on any atom is -0.481 e. The Morgan fingerprint density at radius 1 is 1.10 bits per heavy atom. The lowest BCUT2D eigenvalue weighted by atomic mass is 10.3. The van der Waals surface area contributed by atoms with Crippen LogP contribution in [-0.2, 0) is 19.4 Å². The van der Waals surface area contributed by atoms with Crippen molar-refractivity contribution in [3.63, 3.8) is 0 Å². The Morgan fingerprint density at radius 2 is 1.75 bits per heavy atom. The van der Waals surface area contributed by atoms with Crippen molar-refractivity contribution in [2.45, 2.75) is 24.2 Å². The van der Waals surface area contributed by atoms with Crippen LogP contribution in [0.3, 0.4) is 0 Å². The van der Waals surface area contributed by atoms with Gasteiger partial charge in [-0.05, 0) is 18.6 Å². The molecule has 1 amide bonds. The molecule has 0 radical (unpaired) electrons. The largest absolute Gasteiger partial charge is 0.481 e. The van der Waals surface area contributed by atoms with Gasteiger partial charge in [0, 0.05) is 19.4 Å². The predicted octanol–water partition coefficient (Wildman–Crippen LogP) is 0.831. The van der Waals surface area contributed by atoms with Crippen molar-refractivity contribution in [2.24, 2.45) is 0 Å². The zero-order chi connectivity index (χ0) is 15.0. The summed E-state index contributed by atoms with van der Waals surface area (Å²) >= 11 is 0. The first-order valence-corrected chi connectivity index (χ1v) is 7.83. The number of sulfone groups is 1. The number of carboxylic acids is 1. The molecule has 110 valence electrons. The van der Waals surface area contributed by atoms with Crippen LogP contribution in [0.5, 0.6) is 0 Å². The Labute approximate surface area is 117 Å². The first-order chi connectivity index (χ1) is 9.42. The Hall–Kier alpha value is -1.89. The second kappa shape index (κ2) is 7.64. The molecule has 0 aromatic heterocycles. The van der Waals surface area contributed by atoms with Gasteiger partial charge in [0.25, 0.3) is 0 Å². The zero-order valence-corrected chi connectivity index (χ0v) is 11.7. The van der Waals surface area contributed by atoms with Gasteiger partial charge in [0.2, 0.25) is 5.91 Å². The molecule has 1 aromatic rings. The summed E-state index contributed by atoms with van der Waals surface area (Å²) in [6.07, 6.45) is 0.166. The van der Waals surface area contributed by atoms with E-state index in [4.69, 9.17) is 5.11 Å². The molecule has 6 nitrogen and oxygen atoms in total. The van der Waals surface area contributed by atoms with Crippen LogP contribution < -0.4 is 5.32 Å². The highest BCUT2D eigenvalue weighted by atomic mass is 32.2. The predicted molar refractivity (Wildman–Crippen MR) is 73.0 cm³/mol. The van der Waals surface area contributed by atoms with Crippen LogP contribution in [0, 0.1) is 0 Å². The second-order valence-corrected chi connectivity index (χ2v) is 6.34. The van der Waals surface area contributed by atoms with E-state index in [1.807, 2.05) is 0 Å². The van der Waals surface area contributed by atoms with Crippen molar-refractivity contribution in [1.29, 1.82) is 0 Å². The summed E-state index contributed by atoms with van der Waals surface area (Å²) in [4.78, 5) is 21.9. The van der Waals surface area contributed by atoms with E-state index in [2.05, 4.69) is 5.32 Å². The summed E-state index contributed by atoms with van der Waals surface area (Å²) in [6, 6.07) is 7.94. The maximum absolute atomic E-state index is 11.9. The molecule has 0 unspecified atom stereocenters. The number of nitrogens with one attached hydrogen (secondary N) is 1.